The third kappa shape index (κ3) is 3.71. The molecule has 0 spiro atoms. The fourth-order valence-electron chi connectivity index (χ4n) is 2.29. The lowest BCUT2D eigenvalue weighted by Gasteiger charge is -2.10. The van der Waals surface area contributed by atoms with Crippen LogP contribution in [0.4, 0.5) is 0 Å². The van der Waals surface area contributed by atoms with Crippen molar-refractivity contribution >= 4 is 11.6 Å². The molecule has 2 nitrogen and oxygen atoms in total. The van der Waals surface area contributed by atoms with Gasteiger partial charge in [0, 0.05) is 5.02 Å². The van der Waals surface area contributed by atoms with E-state index in [1.54, 1.807) is 6.07 Å². The van der Waals surface area contributed by atoms with Crippen molar-refractivity contribution in [1.82, 2.24) is 0 Å². The van der Waals surface area contributed by atoms with E-state index in [0.717, 1.165) is 16.7 Å². The standard InChI is InChI=1S/C20H14ClNO/c21-19-10-8-16(9-11-19)17-6-7-18(13-22)20(12-17)23-14-15-4-2-1-3-5-15/h1-12H,14H2. The first-order chi connectivity index (χ1) is 11.3. The first-order valence-corrected chi connectivity index (χ1v) is 7.61. The van der Waals surface area contributed by atoms with Crippen LogP contribution in [0.25, 0.3) is 11.1 Å². The maximum Gasteiger partial charge on any atom is 0.138 e. The number of hydrogen-bond acceptors (Lipinski definition) is 2. The molecule has 0 N–H and O–H groups in total. The third-order valence-corrected chi connectivity index (χ3v) is 3.77. The molecule has 0 heterocycles. The molecule has 3 rings (SSSR count). The van der Waals surface area contributed by atoms with Gasteiger partial charge in [0.05, 0.1) is 5.56 Å². The molecule has 0 radical (unpaired) electrons. The summed E-state index contributed by atoms with van der Waals surface area (Å²) in [6.45, 7) is 0.430. The minimum absolute atomic E-state index is 0.430. The smallest absolute Gasteiger partial charge is 0.138 e. The Morgan fingerprint density at radius 3 is 2.26 bits per heavy atom. The summed E-state index contributed by atoms with van der Waals surface area (Å²) in [4.78, 5) is 0. The molecule has 3 heteroatoms. The Balaban J connectivity index is 1.87. The fourth-order valence-corrected chi connectivity index (χ4v) is 2.42. The molecule has 0 saturated carbocycles. The van der Waals surface area contributed by atoms with E-state index in [9.17, 15) is 5.26 Å². The van der Waals surface area contributed by atoms with Gasteiger partial charge in [-0.2, -0.15) is 5.26 Å². The average molecular weight is 320 g/mol. The zero-order valence-corrected chi connectivity index (χ0v) is 13.1. The molecule has 0 aliphatic heterocycles. The maximum atomic E-state index is 9.27. The van der Waals surface area contributed by atoms with Gasteiger partial charge in [0.2, 0.25) is 0 Å². The average Bonchev–Trinajstić information content (AvgIpc) is 2.61. The summed E-state index contributed by atoms with van der Waals surface area (Å²) in [7, 11) is 0. The number of halogens is 1. The number of benzene rings is 3. The van der Waals surface area contributed by atoms with E-state index in [4.69, 9.17) is 16.3 Å². The molecule has 0 atom stereocenters. The molecule has 0 fully saturated rings. The van der Waals surface area contributed by atoms with Gasteiger partial charge in [-0.1, -0.05) is 60.1 Å². The van der Waals surface area contributed by atoms with Crippen molar-refractivity contribution in [3.63, 3.8) is 0 Å². The zero-order valence-electron chi connectivity index (χ0n) is 12.4. The van der Waals surface area contributed by atoms with Gasteiger partial charge in [-0.3, -0.25) is 0 Å². The molecule has 23 heavy (non-hydrogen) atoms. The largest absolute Gasteiger partial charge is 0.488 e. The van der Waals surface area contributed by atoms with Crippen molar-refractivity contribution in [2.45, 2.75) is 6.61 Å². The first-order valence-electron chi connectivity index (χ1n) is 7.23. The summed E-state index contributed by atoms with van der Waals surface area (Å²) >= 11 is 5.93. The van der Waals surface area contributed by atoms with Crippen LogP contribution in [0.15, 0.2) is 72.8 Å². The van der Waals surface area contributed by atoms with Crippen molar-refractivity contribution in [1.29, 1.82) is 5.26 Å². The van der Waals surface area contributed by atoms with Crippen LogP contribution >= 0.6 is 11.6 Å². The lowest BCUT2D eigenvalue weighted by molar-refractivity contribution is 0.305. The van der Waals surface area contributed by atoms with Crippen LogP contribution in [0.3, 0.4) is 0 Å². The van der Waals surface area contributed by atoms with E-state index in [-0.39, 0.29) is 0 Å². The number of nitrogens with zero attached hydrogens (tertiary/aromatic N) is 1. The Morgan fingerprint density at radius 1 is 0.870 bits per heavy atom. The van der Waals surface area contributed by atoms with Crippen molar-refractivity contribution in [3.05, 3.63) is 88.9 Å². The van der Waals surface area contributed by atoms with Crippen LogP contribution < -0.4 is 4.74 Å². The van der Waals surface area contributed by atoms with Gasteiger partial charge in [-0.15, -0.1) is 0 Å². The van der Waals surface area contributed by atoms with Gasteiger partial charge in [0.15, 0.2) is 0 Å². The van der Waals surface area contributed by atoms with E-state index >= 15 is 0 Å². The highest BCUT2D eigenvalue weighted by Crippen LogP contribution is 2.28. The highest BCUT2D eigenvalue weighted by molar-refractivity contribution is 6.30. The van der Waals surface area contributed by atoms with E-state index < -0.39 is 0 Å². The molecule has 0 amide bonds. The van der Waals surface area contributed by atoms with Crippen molar-refractivity contribution < 1.29 is 4.74 Å². The predicted molar refractivity (Wildman–Crippen MR) is 92.4 cm³/mol. The summed E-state index contributed by atoms with van der Waals surface area (Å²) in [6, 6.07) is 25.2. The monoisotopic (exact) mass is 319 g/mol. The van der Waals surface area contributed by atoms with Crippen LogP contribution in [-0.4, -0.2) is 0 Å². The van der Waals surface area contributed by atoms with Crippen LogP contribution in [0, 0.1) is 11.3 Å². The van der Waals surface area contributed by atoms with Gasteiger partial charge in [-0.05, 0) is 41.0 Å². The van der Waals surface area contributed by atoms with Crippen LogP contribution in [-0.2, 0) is 6.61 Å². The molecule has 0 aliphatic carbocycles. The van der Waals surface area contributed by atoms with Gasteiger partial charge in [0.1, 0.15) is 18.4 Å². The van der Waals surface area contributed by atoms with E-state index in [1.165, 1.54) is 0 Å². The Morgan fingerprint density at radius 2 is 1.57 bits per heavy atom. The molecule has 3 aromatic rings. The Hall–Kier alpha value is -2.76. The maximum absolute atomic E-state index is 9.27. The minimum Gasteiger partial charge on any atom is -0.488 e. The van der Waals surface area contributed by atoms with Gasteiger partial charge >= 0.3 is 0 Å². The molecular formula is C20H14ClNO. The van der Waals surface area contributed by atoms with Crippen LogP contribution in [0.5, 0.6) is 5.75 Å². The predicted octanol–water partition coefficient (Wildman–Crippen LogP) is 5.46. The number of rotatable bonds is 4. The summed E-state index contributed by atoms with van der Waals surface area (Å²) in [6.07, 6.45) is 0. The Kier molecular flexibility index (Phi) is 4.61. The van der Waals surface area contributed by atoms with Crippen molar-refractivity contribution in [2.75, 3.05) is 0 Å². The lowest BCUT2D eigenvalue weighted by Crippen LogP contribution is -1.97. The van der Waals surface area contributed by atoms with Crippen molar-refractivity contribution in [3.8, 4) is 22.9 Å². The third-order valence-electron chi connectivity index (χ3n) is 3.52. The molecule has 0 unspecified atom stereocenters. The number of nitriles is 1. The Bertz CT molecular complexity index is 836. The number of hydrogen-bond donors (Lipinski definition) is 0. The SMILES string of the molecule is N#Cc1ccc(-c2ccc(Cl)cc2)cc1OCc1ccccc1. The fraction of sp³-hybridized carbons (Fsp3) is 0.0500. The normalized spacial score (nSPS) is 10.1. The molecule has 0 aromatic heterocycles. The van der Waals surface area contributed by atoms with E-state index in [0.29, 0.717) is 22.9 Å². The molecule has 112 valence electrons. The quantitative estimate of drug-likeness (QED) is 0.640. The summed E-state index contributed by atoms with van der Waals surface area (Å²) in [5, 5.41) is 9.96. The highest BCUT2D eigenvalue weighted by Gasteiger charge is 2.07. The summed E-state index contributed by atoms with van der Waals surface area (Å²) < 4.78 is 5.85. The molecular weight excluding hydrogens is 306 g/mol. The highest BCUT2D eigenvalue weighted by atomic mass is 35.5. The number of ether oxygens (including phenoxy) is 1. The summed E-state index contributed by atoms with van der Waals surface area (Å²) in [5.41, 5.74) is 3.61. The Labute approximate surface area is 140 Å². The van der Waals surface area contributed by atoms with E-state index in [1.807, 2.05) is 66.7 Å². The molecule has 0 saturated heterocycles. The minimum atomic E-state index is 0.430. The molecule has 3 aromatic carbocycles. The molecule has 0 aliphatic rings. The van der Waals surface area contributed by atoms with Gasteiger partial charge in [-0.25, -0.2) is 0 Å². The topological polar surface area (TPSA) is 33.0 Å². The van der Waals surface area contributed by atoms with Gasteiger partial charge in [0.25, 0.3) is 0 Å². The zero-order chi connectivity index (χ0) is 16.1. The van der Waals surface area contributed by atoms with Gasteiger partial charge < -0.3 is 4.74 Å². The van der Waals surface area contributed by atoms with Crippen molar-refractivity contribution in [2.24, 2.45) is 0 Å². The second-order valence-corrected chi connectivity index (χ2v) is 5.54. The van der Waals surface area contributed by atoms with Crippen LogP contribution in [0.2, 0.25) is 5.02 Å². The summed E-state index contributed by atoms with van der Waals surface area (Å²) in [5.74, 6) is 0.587. The first kappa shape index (κ1) is 15.1. The lowest BCUT2D eigenvalue weighted by atomic mass is 10.0. The second kappa shape index (κ2) is 7.00. The molecule has 0 bridgehead atoms. The second-order valence-electron chi connectivity index (χ2n) is 5.10. The van der Waals surface area contributed by atoms with Crippen LogP contribution in [0.1, 0.15) is 11.1 Å². The van der Waals surface area contributed by atoms with E-state index in [2.05, 4.69) is 6.07 Å².